The third-order valence-electron chi connectivity index (χ3n) is 4.53. The van der Waals surface area contributed by atoms with Crippen LogP contribution in [0, 0.1) is 23.2 Å². The van der Waals surface area contributed by atoms with Gasteiger partial charge >= 0.3 is 0 Å². The fourth-order valence-corrected chi connectivity index (χ4v) is 4.77. The largest absolute Gasteiger partial charge is 0.122 e. The molecule has 3 unspecified atom stereocenters. The van der Waals surface area contributed by atoms with Crippen LogP contribution >= 0.6 is 11.6 Å². The predicted octanol–water partition coefficient (Wildman–Crippen LogP) is 3.44. The van der Waals surface area contributed by atoms with Crippen molar-refractivity contribution in [3.63, 3.8) is 0 Å². The molecule has 12 heavy (non-hydrogen) atoms. The average molecular weight is 185 g/mol. The van der Waals surface area contributed by atoms with Crippen LogP contribution in [0.3, 0.4) is 0 Å². The predicted molar refractivity (Wildman–Crippen MR) is 51.3 cm³/mol. The molecular weight excluding hydrogens is 168 g/mol. The maximum atomic E-state index is 6.51. The Morgan fingerprint density at radius 3 is 2.17 bits per heavy atom. The SMILES string of the molecule is CC12C[C@@H]3CC(C[C@@H](C3)C1)C2Cl. The van der Waals surface area contributed by atoms with E-state index in [1.54, 1.807) is 0 Å². The van der Waals surface area contributed by atoms with Gasteiger partial charge in [-0.2, -0.15) is 0 Å². The highest BCUT2D eigenvalue weighted by molar-refractivity contribution is 6.21. The van der Waals surface area contributed by atoms with Crippen molar-refractivity contribution in [2.24, 2.45) is 23.2 Å². The molecule has 68 valence electrons. The number of hydrogen-bond donors (Lipinski definition) is 0. The van der Waals surface area contributed by atoms with Gasteiger partial charge in [-0.15, -0.1) is 11.6 Å². The summed E-state index contributed by atoms with van der Waals surface area (Å²) < 4.78 is 0. The van der Waals surface area contributed by atoms with E-state index in [4.69, 9.17) is 11.6 Å². The van der Waals surface area contributed by atoms with Crippen molar-refractivity contribution < 1.29 is 0 Å². The van der Waals surface area contributed by atoms with Gasteiger partial charge < -0.3 is 0 Å². The van der Waals surface area contributed by atoms with Crippen LogP contribution in [0.1, 0.15) is 39.0 Å². The lowest BCUT2D eigenvalue weighted by molar-refractivity contribution is -0.0361. The molecule has 4 saturated carbocycles. The van der Waals surface area contributed by atoms with Crippen LogP contribution in [0.4, 0.5) is 0 Å². The quantitative estimate of drug-likeness (QED) is 0.506. The van der Waals surface area contributed by atoms with Crippen LogP contribution in [-0.4, -0.2) is 5.38 Å². The summed E-state index contributed by atoms with van der Waals surface area (Å²) in [5.41, 5.74) is 0.524. The van der Waals surface area contributed by atoms with Gasteiger partial charge in [0.25, 0.3) is 0 Å². The van der Waals surface area contributed by atoms with E-state index in [0.29, 0.717) is 10.8 Å². The van der Waals surface area contributed by atoms with Crippen molar-refractivity contribution >= 4 is 11.6 Å². The maximum Gasteiger partial charge on any atom is 0.0418 e. The zero-order chi connectivity index (χ0) is 8.34. The van der Waals surface area contributed by atoms with Crippen LogP contribution in [0.5, 0.6) is 0 Å². The highest BCUT2D eigenvalue weighted by atomic mass is 35.5. The summed E-state index contributed by atoms with van der Waals surface area (Å²) in [6.07, 6.45) is 7.26. The molecule has 0 amide bonds. The molecule has 0 nitrogen and oxygen atoms in total. The maximum absolute atomic E-state index is 6.51. The molecule has 4 bridgehead atoms. The lowest BCUT2D eigenvalue weighted by Gasteiger charge is -2.58. The lowest BCUT2D eigenvalue weighted by Crippen LogP contribution is -2.52. The van der Waals surface area contributed by atoms with E-state index in [1.165, 1.54) is 32.1 Å². The van der Waals surface area contributed by atoms with Crippen LogP contribution in [0.2, 0.25) is 0 Å². The summed E-state index contributed by atoms with van der Waals surface area (Å²) in [6.45, 7) is 2.43. The molecule has 0 radical (unpaired) electrons. The number of rotatable bonds is 0. The van der Waals surface area contributed by atoms with Gasteiger partial charge in [-0.1, -0.05) is 6.92 Å². The Balaban J connectivity index is 1.97. The third-order valence-corrected chi connectivity index (χ3v) is 5.41. The number of halogens is 1. The standard InChI is InChI=1S/C11H17Cl/c1-11-5-7-2-8(6-11)4-9(3-7)10(11)12/h7-10H,2-6H2,1H3/t7-,8+,9?,10?,11?. The fourth-order valence-electron chi connectivity index (χ4n) is 4.39. The van der Waals surface area contributed by atoms with Crippen LogP contribution in [0.15, 0.2) is 0 Å². The zero-order valence-electron chi connectivity index (χ0n) is 7.72. The summed E-state index contributed by atoms with van der Waals surface area (Å²) >= 11 is 6.51. The molecule has 0 aromatic rings. The van der Waals surface area contributed by atoms with E-state index < -0.39 is 0 Å². The van der Waals surface area contributed by atoms with Gasteiger partial charge in [-0.05, 0) is 55.3 Å². The highest BCUT2D eigenvalue weighted by Gasteiger charge is 2.53. The Morgan fingerprint density at radius 2 is 1.67 bits per heavy atom. The Morgan fingerprint density at radius 1 is 1.08 bits per heavy atom. The molecule has 5 atom stereocenters. The van der Waals surface area contributed by atoms with E-state index in [-0.39, 0.29) is 0 Å². The molecule has 0 heterocycles. The number of alkyl halides is 1. The summed E-state index contributed by atoms with van der Waals surface area (Å²) in [6, 6.07) is 0. The van der Waals surface area contributed by atoms with Crippen LogP contribution < -0.4 is 0 Å². The summed E-state index contributed by atoms with van der Waals surface area (Å²) in [4.78, 5) is 0. The van der Waals surface area contributed by atoms with Gasteiger partial charge in [-0.25, -0.2) is 0 Å². The van der Waals surface area contributed by atoms with Gasteiger partial charge in [0, 0.05) is 5.38 Å². The molecule has 4 fully saturated rings. The Labute approximate surface area is 79.7 Å². The minimum Gasteiger partial charge on any atom is -0.122 e. The van der Waals surface area contributed by atoms with Crippen molar-refractivity contribution in [2.45, 2.75) is 44.4 Å². The molecule has 0 aromatic heterocycles. The second-order valence-electron chi connectivity index (χ2n) is 5.66. The van der Waals surface area contributed by atoms with Gasteiger partial charge in [-0.3, -0.25) is 0 Å². The molecular formula is C11H17Cl. The molecule has 0 spiro atoms. The van der Waals surface area contributed by atoms with Crippen molar-refractivity contribution in [1.29, 1.82) is 0 Å². The summed E-state index contributed by atoms with van der Waals surface area (Å²) in [5, 5.41) is 0.505. The first-order chi connectivity index (χ1) is 5.67. The lowest BCUT2D eigenvalue weighted by atomic mass is 9.50. The van der Waals surface area contributed by atoms with Gasteiger partial charge in [0.1, 0.15) is 0 Å². The number of hydrogen-bond acceptors (Lipinski definition) is 0. The minimum absolute atomic E-state index is 0.505. The normalized spacial score (nSPS) is 62.5. The zero-order valence-corrected chi connectivity index (χ0v) is 8.48. The smallest absolute Gasteiger partial charge is 0.0418 e. The Bertz CT molecular complexity index is 197. The molecule has 4 aliphatic rings. The second-order valence-corrected chi connectivity index (χ2v) is 6.13. The summed E-state index contributed by atoms with van der Waals surface area (Å²) in [7, 11) is 0. The monoisotopic (exact) mass is 184 g/mol. The first kappa shape index (κ1) is 7.67. The summed E-state index contributed by atoms with van der Waals surface area (Å²) in [5.74, 6) is 2.97. The molecule has 0 aromatic carbocycles. The topological polar surface area (TPSA) is 0 Å². The van der Waals surface area contributed by atoms with Crippen LogP contribution in [-0.2, 0) is 0 Å². The Kier molecular flexibility index (Phi) is 1.41. The molecule has 4 aliphatic carbocycles. The van der Waals surface area contributed by atoms with Crippen LogP contribution in [0.25, 0.3) is 0 Å². The molecule has 0 N–H and O–H groups in total. The van der Waals surface area contributed by atoms with Gasteiger partial charge in [0.05, 0.1) is 0 Å². The molecule has 4 rings (SSSR count). The van der Waals surface area contributed by atoms with Crippen molar-refractivity contribution in [2.75, 3.05) is 0 Å². The molecule has 0 aliphatic heterocycles. The van der Waals surface area contributed by atoms with Crippen molar-refractivity contribution in [3.05, 3.63) is 0 Å². The minimum atomic E-state index is 0.505. The third kappa shape index (κ3) is 0.852. The first-order valence-electron chi connectivity index (χ1n) is 5.31. The van der Waals surface area contributed by atoms with E-state index in [0.717, 1.165) is 17.8 Å². The first-order valence-corrected chi connectivity index (χ1v) is 5.75. The highest BCUT2D eigenvalue weighted by Crippen LogP contribution is 2.61. The average Bonchev–Trinajstić information content (AvgIpc) is 1.98. The van der Waals surface area contributed by atoms with Crippen molar-refractivity contribution in [1.82, 2.24) is 0 Å². The van der Waals surface area contributed by atoms with E-state index in [1.807, 2.05) is 0 Å². The van der Waals surface area contributed by atoms with E-state index >= 15 is 0 Å². The Hall–Kier alpha value is 0.290. The molecule has 1 heteroatoms. The van der Waals surface area contributed by atoms with Gasteiger partial charge in [0.15, 0.2) is 0 Å². The van der Waals surface area contributed by atoms with Gasteiger partial charge in [0.2, 0.25) is 0 Å². The fraction of sp³-hybridized carbons (Fsp3) is 1.00. The second kappa shape index (κ2) is 2.20. The molecule has 0 saturated heterocycles. The van der Waals surface area contributed by atoms with E-state index in [9.17, 15) is 0 Å². The van der Waals surface area contributed by atoms with E-state index in [2.05, 4.69) is 6.92 Å². The van der Waals surface area contributed by atoms with Crippen molar-refractivity contribution in [3.8, 4) is 0 Å².